The van der Waals surface area contributed by atoms with Gasteiger partial charge in [0.1, 0.15) is 5.69 Å². The van der Waals surface area contributed by atoms with Crippen molar-refractivity contribution >= 4 is 5.91 Å². The number of hydrogen-bond acceptors (Lipinski definition) is 3. The van der Waals surface area contributed by atoms with Gasteiger partial charge in [-0.25, -0.2) is 4.98 Å². The Kier molecular flexibility index (Phi) is 4.48. The second kappa shape index (κ2) is 7.08. The minimum absolute atomic E-state index is 0.0237. The second-order valence-electron chi connectivity index (χ2n) is 6.67. The molecule has 2 aromatic carbocycles. The highest BCUT2D eigenvalue weighted by Crippen LogP contribution is 2.36. The van der Waals surface area contributed by atoms with Crippen LogP contribution in [0.15, 0.2) is 73.2 Å². The molecule has 0 saturated heterocycles. The van der Waals surface area contributed by atoms with Crippen molar-refractivity contribution in [2.24, 2.45) is 0 Å². The SMILES string of the molecule is C[C@@H]1[C@@H](c2ccccc2)c2ccccc2CCN1C(=O)c1cnccn1. The third-order valence-corrected chi connectivity index (χ3v) is 5.19. The standard InChI is InChI=1S/C22H21N3O/c1-16-21(18-8-3-2-4-9-18)19-10-6-5-7-17(19)11-14-25(16)22(26)20-15-23-12-13-24-20/h2-10,12-13,15-16,21H,11,14H2,1H3/t16-,21+/m1/s1. The summed E-state index contributed by atoms with van der Waals surface area (Å²) in [6.07, 6.45) is 5.55. The van der Waals surface area contributed by atoms with E-state index in [2.05, 4.69) is 65.4 Å². The number of amides is 1. The number of aromatic nitrogens is 2. The molecule has 0 aliphatic carbocycles. The molecule has 0 N–H and O–H groups in total. The fourth-order valence-electron chi connectivity index (χ4n) is 3.91. The van der Waals surface area contributed by atoms with Gasteiger partial charge >= 0.3 is 0 Å². The Morgan fingerprint density at radius 1 is 1.04 bits per heavy atom. The third kappa shape index (κ3) is 2.99. The fourth-order valence-corrected chi connectivity index (χ4v) is 3.91. The molecule has 0 spiro atoms. The number of hydrogen-bond donors (Lipinski definition) is 0. The molecule has 2 heterocycles. The van der Waals surface area contributed by atoms with Crippen LogP contribution in [0.5, 0.6) is 0 Å². The van der Waals surface area contributed by atoms with E-state index in [1.54, 1.807) is 18.6 Å². The summed E-state index contributed by atoms with van der Waals surface area (Å²) in [7, 11) is 0. The number of nitrogens with zero attached hydrogens (tertiary/aromatic N) is 3. The topological polar surface area (TPSA) is 46.1 Å². The van der Waals surface area contributed by atoms with Gasteiger partial charge in [-0.15, -0.1) is 0 Å². The molecule has 1 aliphatic rings. The van der Waals surface area contributed by atoms with Gasteiger partial charge in [-0.1, -0.05) is 54.6 Å². The molecule has 4 heteroatoms. The van der Waals surface area contributed by atoms with E-state index in [0.717, 1.165) is 6.42 Å². The first-order valence-corrected chi connectivity index (χ1v) is 8.95. The van der Waals surface area contributed by atoms with Crippen molar-refractivity contribution in [1.29, 1.82) is 0 Å². The Bertz CT molecular complexity index is 896. The minimum atomic E-state index is -0.0562. The smallest absolute Gasteiger partial charge is 0.274 e. The summed E-state index contributed by atoms with van der Waals surface area (Å²) >= 11 is 0. The zero-order valence-electron chi connectivity index (χ0n) is 14.7. The monoisotopic (exact) mass is 343 g/mol. The molecule has 0 radical (unpaired) electrons. The van der Waals surface area contributed by atoms with E-state index in [9.17, 15) is 4.79 Å². The normalized spacial score (nSPS) is 19.5. The van der Waals surface area contributed by atoms with Gasteiger partial charge in [0.2, 0.25) is 0 Å². The zero-order valence-corrected chi connectivity index (χ0v) is 14.7. The van der Waals surface area contributed by atoms with Gasteiger partial charge in [0, 0.05) is 30.9 Å². The second-order valence-corrected chi connectivity index (χ2v) is 6.67. The molecule has 26 heavy (non-hydrogen) atoms. The van der Waals surface area contributed by atoms with Crippen LogP contribution in [-0.2, 0) is 6.42 Å². The molecule has 0 fully saturated rings. The summed E-state index contributed by atoms with van der Waals surface area (Å²) < 4.78 is 0. The first kappa shape index (κ1) is 16.5. The fraction of sp³-hybridized carbons (Fsp3) is 0.227. The van der Waals surface area contributed by atoms with Crippen molar-refractivity contribution < 1.29 is 4.79 Å². The predicted molar refractivity (Wildman–Crippen MR) is 101 cm³/mol. The van der Waals surface area contributed by atoms with Crippen LogP contribution in [0, 0.1) is 0 Å². The first-order chi connectivity index (χ1) is 12.8. The van der Waals surface area contributed by atoms with Crippen LogP contribution in [0.3, 0.4) is 0 Å². The zero-order chi connectivity index (χ0) is 17.9. The van der Waals surface area contributed by atoms with Crippen molar-refractivity contribution in [3.8, 4) is 0 Å². The first-order valence-electron chi connectivity index (χ1n) is 8.95. The van der Waals surface area contributed by atoms with Crippen LogP contribution in [0.25, 0.3) is 0 Å². The maximum absolute atomic E-state index is 13.1. The molecule has 0 unspecified atom stereocenters. The summed E-state index contributed by atoms with van der Waals surface area (Å²) in [6.45, 7) is 2.81. The largest absolute Gasteiger partial charge is 0.333 e. The molecule has 1 aromatic heterocycles. The molecular weight excluding hydrogens is 322 g/mol. The van der Waals surface area contributed by atoms with E-state index in [-0.39, 0.29) is 17.9 Å². The molecule has 4 rings (SSSR count). The lowest BCUT2D eigenvalue weighted by molar-refractivity contribution is 0.0681. The van der Waals surface area contributed by atoms with E-state index >= 15 is 0 Å². The predicted octanol–water partition coefficient (Wildman–Crippen LogP) is 3.70. The van der Waals surface area contributed by atoms with Gasteiger partial charge in [0.15, 0.2) is 0 Å². The van der Waals surface area contributed by atoms with Crippen LogP contribution >= 0.6 is 0 Å². The molecule has 1 aliphatic heterocycles. The van der Waals surface area contributed by atoms with Crippen molar-refractivity contribution in [1.82, 2.24) is 14.9 Å². The van der Waals surface area contributed by atoms with E-state index in [0.29, 0.717) is 12.2 Å². The molecule has 0 saturated carbocycles. The Morgan fingerprint density at radius 3 is 2.58 bits per heavy atom. The Hall–Kier alpha value is -3.01. The average molecular weight is 343 g/mol. The van der Waals surface area contributed by atoms with E-state index in [1.165, 1.54) is 16.7 Å². The highest BCUT2D eigenvalue weighted by Gasteiger charge is 2.34. The molecular formula is C22H21N3O. The van der Waals surface area contributed by atoms with Crippen LogP contribution in [0.2, 0.25) is 0 Å². The summed E-state index contributed by atoms with van der Waals surface area (Å²) in [5, 5.41) is 0. The van der Waals surface area contributed by atoms with Crippen molar-refractivity contribution in [3.05, 3.63) is 95.6 Å². The van der Waals surface area contributed by atoms with Crippen molar-refractivity contribution in [3.63, 3.8) is 0 Å². The Labute approximate surface area is 153 Å². The van der Waals surface area contributed by atoms with Crippen molar-refractivity contribution in [2.75, 3.05) is 6.54 Å². The van der Waals surface area contributed by atoms with Crippen molar-refractivity contribution in [2.45, 2.75) is 25.3 Å². The molecule has 4 nitrogen and oxygen atoms in total. The van der Waals surface area contributed by atoms with Gasteiger partial charge in [0.05, 0.1) is 6.20 Å². The lowest BCUT2D eigenvalue weighted by Gasteiger charge is -2.33. The van der Waals surface area contributed by atoms with Gasteiger partial charge < -0.3 is 4.90 Å². The number of carbonyl (C=O) groups excluding carboxylic acids is 1. The van der Waals surface area contributed by atoms with Gasteiger partial charge in [-0.2, -0.15) is 0 Å². The number of carbonyl (C=O) groups is 1. The van der Waals surface area contributed by atoms with Gasteiger partial charge in [0.25, 0.3) is 5.91 Å². The summed E-state index contributed by atoms with van der Waals surface area (Å²) in [5.74, 6) is 0.0786. The molecule has 1 amide bonds. The molecule has 130 valence electrons. The third-order valence-electron chi connectivity index (χ3n) is 5.19. The van der Waals surface area contributed by atoms with Crippen LogP contribution in [0.1, 0.15) is 40.0 Å². The van der Waals surface area contributed by atoms with E-state index < -0.39 is 0 Å². The summed E-state index contributed by atoms with van der Waals surface area (Å²) in [5.41, 5.74) is 4.24. The number of rotatable bonds is 2. The average Bonchev–Trinajstić information content (AvgIpc) is 2.85. The maximum atomic E-state index is 13.1. The van der Waals surface area contributed by atoms with Crippen LogP contribution in [0.4, 0.5) is 0 Å². The summed E-state index contributed by atoms with van der Waals surface area (Å²) in [6, 6.07) is 19.0. The van der Waals surface area contributed by atoms with Gasteiger partial charge in [-0.05, 0) is 30.0 Å². The molecule has 3 aromatic rings. The maximum Gasteiger partial charge on any atom is 0.274 e. The Balaban J connectivity index is 1.78. The van der Waals surface area contributed by atoms with E-state index in [4.69, 9.17) is 0 Å². The highest BCUT2D eigenvalue weighted by molar-refractivity contribution is 5.92. The van der Waals surface area contributed by atoms with E-state index in [1.807, 2.05) is 11.0 Å². The Morgan fingerprint density at radius 2 is 1.81 bits per heavy atom. The lowest BCUT2D eigenvalue weighted by Crippen LogP contribution is -2.42. The molecule has 2 atom stereocenters. The van der Waals surface area contributed by atoms with Crippen LogP contribution in [-0.4, -0.2) is 33.4 Å². The highest BCUT2D eigenvalue weighted by atomic mass is 16.2. The van der Waals surface area contributed by atoms with Crippen LogP contribution < -0.4 is 0 Å². The lowest BCUT2D eigenvalue weighted by atomic mass is 9.83. The quantitative estimate of drug-likeness (QED) is 0.713. The summed E-state index contributed by atoms with van der Waals surface area (Å²) in [4.78, 5) is 23.3. The molecule has 0 bridgehead atoms. The number of fused-ring (bicyclic) bond motifs is 1. The minimum Gasteiger partial charge on any atom is -0.333 e. The number of benzene rings is 2. The van der Waals surface area contributed by atoms with Gasteiger partial charge in [-0.3, -0.25) is 9.78 Å².